The molecule has 1 N–H and O–H groups in total. The summed E-state index contributed by atoms with van der Waals surface area (Å²) in [6.45, 7) is 9.69. The van der Waals surface area contributed by atoms with Crippen LogP contribution in [0.3, 0.4) is 0 Å². The van der Waals surface area contributed by atoms with E-state index in [9.17, 15) is 18.3 Å². The van der Waals surface area contributed by atoms with Crippen molar-refractivity contribution >= 4 is 16.0 Å². The van der Waals surface area contributed by atoms with E-state index < -0.39 is 21.4 Å². The van der Waals surface area contributed by atoms with Crippen molar-refractivity contribution in [2.75, 3.05) is 18.8 Å². The third-order valence-electron chi connectivity index (χ3n) is 3.81. The number of sulfonamides is 1. The number of carboxylic acid groups (broad SMARTS) is 1. The molecule has 1 rings (SSSR count). The molecule has 0 saturated carbocycles. The maximum absolute atomic E-state index is 12.3. The molecule has 0 aromatic rings. The highest BCUT2D eigenvalue weighted by Crippen LogP contribution is 2.39. The zero-order valence-electron chi connectivity index (χ0n) is 12.4. The number of nitrogens with zero attached hydrogens (tertiary/aromatic N) is 1. The first-order chi connectivity index (χ1) is 8.41. The molecule has 1 unspecified atom stereocenters. The highest BCUT2D eigenvalue weighted by atomic mass is 32.2. The summed E-state index contributed by atoms with van der Waals surface area (Å²) in [5, 5.41) is 9.43. The Balaban J connectivity index is 2.95. The van der Waals surface area contributed by atoms with E-state index in [1.165, 1.54) is 4.31 Å². The highest BCUT2D eigenvalue weighted by molar-refractivity contribution is 7.89. The van der Waals surface area contributed by atoms with Crippen molar-refractivity contribution in [3.05, 3.63) is 0 Å². The van der Waals surface area contributed by atoms with Gasteiger partial charge in [0.2, 0.25) is 10.0 Å². The molecule has 0 aromatic carbocycles. The summed E-state index contributed by atoms with van der Waals surface area (Å²) >= 11 is 0. The van der Waals surface area contributed by atoms with Crippen molar-refractivity contribution in [1.82, 2.24) is 4.31 Å². The fourth-order valence-corrected chi connectivity index (χ4v) is 4.64. The molecular formula is C13H25NO4S. The van der Waals surface area contributed by atoms with Crippen molar-refractivity contribution in [2.45, 2.75) is 41.0 Å². The van der Waals surface area contributed by atoms with Gasteiger partial charge >= 0.3 is 5.97 Å². The molecule has 19 heavy (non-hydrogen) atoms. The molecule has 1 aliphatic heterocycles. The maximum Gasteiger partial charge on any atom is 0.311 e. The van der Waals surface area contributed by atoms with Crippen LogP contribution in [-0.2, 0) is 14.8 Å². The quantitative estimate of drug-likeness (QED) is 0.857. The number of rotatable bonds is 4. The Bertz CT molecular complexity index is 450. The minimum Gasteiger partial charge on any atom is -0.481 e. The average Bonchev–Trinajstić information content (AvgIpc) is 2.59. The molecule has 6 heteroatoms. The molecule has 112 valence electrons. The van der Waals surface area contributed by atoms with Gasteiger partial charge in [-0.3, -0.25) is 4.79 Å². The summed E-state index contributed by atoms with van der Waals surface area (Å²) in [4.78, 5) is 11.5. The molecule has 0 amide bonds. The number of hydrogen-bond donors (Lipinski definition) is 1. The van der Waals surface area contributed by atoms with E-state index in [0.717, 1.165) is 0 Å². The summed E-state index contributed by atoms with van der Waals surface area (Å²) in [7, 11) is -3.39. The summed E-state index contributed by atoms with van der Waals surface area (Å²) in [6.07, 6.45) is 0.392. The molecule has 0 bridgehead atoms. The monoisotopic (exact) mass is 291 g/mol. The van der Waals surface area contributed by atoms with Crippen LogP contribution in [0.5, 0.6) is 0 Å². The normalized spacial score (nSPS) is 26.0. The first-order valence-corrected chi connectivity index (χ1v) is 8.23. The van der Waals surface area contributed by atoms with Crippen molar-refractivity contribution < 1.29 is 18.3 Å². The molecule has 0 radical (unpaired) electrons. The van der Waals surface area contributed by atoms with Crippen LogP contribution in [0.15, 0.2) is 0 Å². The zero-order chi connectivity index (χ0) is 15.1. The fourth-order valence-electron chi connectivity index (χ4n) is 2.57. The van der Waals surface area contributed by atoms with E-state index in [-0.39, 0.29) is 23.6 Å². The molecule has 0 aromatic heterocycles. The zero-order valence-corrected chi connectivity index (χ0v) is 13.2. The Hall–Kier alpha value is -0.620. The number of carbonyl (C=O) groups is 1. The van der Waals surface area contributed by atoms with Crippen molar-refractivity contribution in [3.8, 4) is 0 Å². The smallest absolute Gasteiger partial charge is 0.311 e. The predicted octanol–water partition coefficient (Wildman–Crippen LogP) is 1.79. The van der Waals surface area contributed by atoms with E-state index in [1.807, 2.05) is 34.6 Å². The largest absolute Gasteiger partial charge is 0.481 e. The minimum absolute atomic E-state index is 0.0494. The lowest BCUT2D eigenvalue weighted by Crippen LogP contribution is -2.42. The Morgan fingerprint density at radius 3 is 2.21 bits per heavy atom. The van der Waals surface area contributed by atoms with Crippen LogP contribution < -0.4 is 0 Å². The van der Waals surface area contributed by atoms with Crippen molar-refractivity contribution in [1.29, 1.82) is 0 Å². The van der Waals surface area contributed by atoms with Gasteiger partial charge < -0.3 is 5.11 Å². The van der Waals surface area contributed by atoms with Gasteiger partial charge in [-0.05, 0) is 17.8 Å². The van der Waals surface area contributed by atoms with Crippen LogP contribution in [-0.4, -0.2) is 42.6 Å². The lowest BCUT2D eigenvalue weighted by atomic mass is 9.77. The number of aliphatic carboxylic acids is 1. The molecule has 5 nitrogen and oxygen atoms in total. The van der Waals surface area contributed by atoms with E-state index in [4.69, 9.17) is 0 Å². The second-order valence-corrected chi connectivity index (χ2v) is 8.99. The first-order valence-electron chi connectivity index (χ1n) is 6.62. The molecule has 1 saturated heterocycles. The van der Waals surface area contributed by atoms with E-state index in [0.29, 0.717) is 13.0 Å². The topological polar surface area (TPSA) is 74.7 Å². The molecule has 1 heterocycles. The van der Waals surface area contributed by atoms with Crippen LogP contribution in [0.1, 0.15) is 41.0 Å². The van der Waals surface area contributed by atoms with Crippen LogP contribution >= 0.6 is 0 Å². The third kappa shape index (κ3) is 3.48. The van der Waals surface area contributed by atoms with Crippen LogP contribution in [0, 0.1) is 16.7 Å². The van der Waals surface area contributed by atoms with Gasteiger partial charge in [-0.25, -0.2) is 12.7 Å². The molecule has 0 spiro atoms. The van der Waals surface area contributed by atoms with E-state index in [1.54, 1.807) is 0 Å². The molecule has 1 aliphatic rings. The van der Waals surface area contributed by atoms with E-state index in [2.05, 4.69) is 0 Å². The second kappa shape index (κ2) is 5.05. The number of hydrogen-bond acceptors (Lipinski definition) is 3. The molecule has 1 atom stereocenters. The van der Waals surface area contributed by atoms with Crippen molar-refractivity contribution in [2.24, 2.45) is 16.7 Å². The molecular weight excluding hydrogens is 266 g/mol. The standard InChI is InChI=1S/C13H25NO4S/c1-10(2)13(11(15)16)6-7-14(8-13)19(17,18)9-12(3,4)5/h10H,6-9H2,1-5H3,(H,15,16). The highest BCUT2D eigenvalue weighted by Gasteiger charge is 2.50. The summed E-state index contributed by atoms with van der Waals surface area (Å²) in [5.41, 5.74) is -1.27. The second-order valence-electron chi connectivity index (χ2n) is 7.02. The fraction of sp³-hybridized carbons (Fsp3) is 0.923. The van der Waals surface area contributed by atoms with Gasteiger partial charge in [0.15, 0.2) is 0 Å². The van der Waals surface area contributed by atoms with Crippen molar-refractivity contribution in [3.63, 3.8) is 0 Å². The van der Waals surface area contributed by atoms with Crippen LogP contribution in [0.4, 0.5) is 0 Å². The molecule has 1 fully saturated rings. The summed E-state index contributed by atoms with van der Waals surface area (Å²) in [6, 6.07) is 0. The van der Waals surface area contributed by atoms with Crippen LogP contribution in [0.2, 0.25) is 0 Å². The van der Waals surface area contributed by atoms with Gasteiger partial charge in [0.25, 0.3) is 0 Å². The van der Waals surface area contributed by atoms with Gasteiger partial charge in [0, 0.05) is 13.1 Å². The van der Waals surface area contributed by atoms with Gasteiger partial charge in [0.1, 0.15) is 0 Å². The third-order valence-corrected chi connectivity index (χ3v) is 6.14. The maximum atomic E-state index is 12.3. The first kappa shape index (κ1) is 16.4. The Labute approximate surface area is 116 Å². The van der Waals surface area contributed by atoms with Gasteiger partial charge in [0.05, 0.1) is 11.2 Å². The van der Waals surface area contributed by atoms with Gasteiger partial charge in [-0.1, -0.05) is 34.6 Å². The SMILES string of the molecule is CC(C)C1(C(=O)O)CCN(S(=O)(=O)CC(C)(C)C)C1. The summed E-state index contributed by atoms with van der Waals surface area (Å²) in [5.74, 6) is -0.927. The Morgan fingerprint density at radius 1 is 1.37 bits per heavy atom. The Morgan fingerprint density at radius 2 is 1.89 bits per heavy atom. The lowest BCUT2D eigenvalue weighted by Gasteiger charge is -2.29. The molecule has 0 aliphatic carbocycles. The number of carboxylic acids is 1. The van der Waals surface area contributed by atoms with Gasteiger partial charge in [-0.15, -0.1) is 0 Å². The lowest BCUT2D eigenvalue weighted by molar-refractivity contribution is -0.150. The average molecular weight is 291 g/mol. The summed E-state index contributed by atoms with van der Waals surface area (Å²) < 4.78 is 26.0. The predicted molar refractivity (Wildman–Crippen MR) is 74.3 cm³/mol. The van der Waals surface area contributed by atoms with E-state index >= 15 is 0 Å². The minimum atomic E-state index is -3.39. The van der Waals surface area contributed by atoms with Crippen LogP contribution in [0.25, 0.3) is 0 Å². The van der Waals surface area contributed by atoms with Gasteiger partial charge in [-0.2, -0.15) is 0 Å². The Kier molecular flexibility index (Phi) is 4.37.